The van der Waals surface area contributed by atoms with Crippen molar-refractivity contribution in [3.8, 4) is 5.75 Å². The van der Waals surface area contributed by atoms with Gasteiger partial charge in [0.05, 0.1) is 7.11 Å². The lowest BCUT2D eigenvalue weighted by atomic mass is 10.1. The molecule has 1 aromatic rings. The van der Waals surface area contributed by atoms with E-state index in [2.05, 4.69) is 41.6 Å². The van der Waals surface area contributed by atoms with Gasteiger partial charge in [0.25, 0.3) is 0 Å². The van der Waals surface area contributed by atoms with Gasteiger partial charge in [0, 0.05) is 3.92 Å². The van der Waals surface area contributed by atoms with Crippen molar-refractivity contribution in [3.05, 3.63) is 29.8 Å². The average Bonchev–Trinajstić information content (AvgIpc) is 2.18. The molecule has 0 aliphatic heterocycles. The van der Waals surface area contributed by atoms with Crippen LogP contribution in [0.2, 0.25) is 0 Å². The molecule has 0 aliphatic carbocycles. The first-order valence-electron chi connectivity index (χ1n) is 4.56. The fourth-order valence-electron chi connectivity index (χ4n) is 1.23. The zero-order chi connectivity index (χ0) is 9.68. The largest absolute Gasteiger partial charge is 0.497 e. The molecule has 0 fully saturated rings. The normalized spacial score (nSPS) is 12.5. The van der Waals surface area contributed by atoms with Crippen LogP contribution in [0.25, 0.3) is 0 Å². The predicted octanol–water partition coefficient (Wildman–Crippen LogP) is 3.97. The van der Waals surface area contributed by atoms with Crippen LogP contribution in [-0.4, -0.2) is 7.11 Å². The number of methoxy groups -OCH3 is 1. The fraction of sp³-hybridized carbons (Fsp3) is 0.455. The van der Waals surface area contributed by atoms with Crippen LogP contribution in [0.5, 0.6) is 5.75 Å². The SMILES string of the molecule is CCCC(I)c1ccc(OC)cc1. The second-order valence-electron chi connectivity index (χ2n) is 3.03. The van der Waals surface area contributed by atoms with Crippen LogP contribution in [0.15, 0.2) is 24.3 Å². The lowest BCUT2D eigenvalue weighted by molar-refractivity contribution is 0.414. The van der Waals surface area contributed by atoms with Crippen LogP contribution in [-0.2, 0) is 0 Å². The Morgan fingerprint density at radius 1 is 1.31 bits per heavy atom. The highest BCUT2D eigenvalue weighted by Gasteiger charge is 2.05. The second-order valence-corrected chi connectivity index (χ2v) is 4.53. The van der Waals surface area contributed by atoms with Gasteiger partial charge in [-0.1, -0.05) is 48.1 Å². The number of rotatable bonds is 4. The maximum absolute atomic E-state index is 5.11. The molecule has 0 amide bonds. The van der Waals surface area contributed by atoms with Crippen LogP contribution < -0.4 is 4.74 Å². The fourth-order valence-corrected chi connectivity index (χ4v) is 2.27. The van der Waals surface area contributed by atoms with Crippen LogP contribution in [0.3, 0.4) is 0 Å². The van der Waals surface area contributed by atoms with Crippen molar-refractivity contribution in [2.45, 2.75) is 23.7 Å². The average molecular weight is 290 g/mol. The summed E-state index contributed by atoms with van der Waals surface area (Å²) in [5, 5.41) is 0. The van der Waals surface area contributed by atoms with E-state index in [1.165, 1.54) is 18.4 Å². The summed E-state index contributed by atoms with van der Waals surface area (Å²) in [6.45, 7) is 2.22. The van der Waals surface area contributed by atoms with E-state index in [0.29, 0.717) is 3.92 Å². The Balaban J connectivity index is 2.67. The van der Waals surface area contributed by atoms with E-state index in [0.717, 1.165) is 5.75 Å². The number of hydrogen-bond donors (Lipinski definition) is 0. The second kappa shape index (κ2) is 5.47. The monoisotopic (exact) mass is 290 g/mol. The van der Waals surface area contributed by atoms with E-state index >= 15 is 0 Å². The molecule has 0 radical (unpaired) electrons. The Hall–Kier alpha value is -0.250. The summed E-state index contributed by atoms with van der Waals surface area (Å²) in [4.78, 5) is 0. The van der Waals surface area contributed by atoms with Gasteiger partial charge in [-0.3, -0.25) is 0 Å². The number of ether oxygens (including phenoxy) is 1. The molecule has 0 N–H and O–H groups in total. The van der Waals surface area contributed by atoms with Crippen LogP contribution >= 0.6 is 22.6 Å². The molecule has 0 spiro atoms. The van der Waals surface area contributed by atoms with Crippen LogP contribution in [0.1, 0.15) is 29.3 Å². The van der Waals surface area contributed by atoms with Crippen molar-refractivity contribution in [2.75, 3.05) is 7.11 Å². The minimum Gasteiger partial charge on any atom is -0.497 e. The smallest absolute Gasteiger partial charge is 0.118 e. The van der Waals surface area contributed by atoms with E-state index < -0.39 is 0 Å². The van der Waals surface area contributed by atoms with Crippen molar-refractivity contribution < 1.29 is 4.74 Å². The van der Waals surface area contributed by atoms with Gasteiger partial charge in [-0.2, -0.15) is 0 Å². The van der Waals surface area contributed by atoms with Crippen molar-refractivity contribution in [1.82, 2.24) is 0 Å². The van der Waals surface area contributed by atoms with E-state index in [1.807, 2.05) is 12.1 Å². The molecule has 1 nitrogen and oxygen atoms in total. The summed E-state index contributed by atoms with van der Waals surface area (Å²) in [6, 6.07) is 8.34. The molecule has 0 heterocycles. The topological polar surface area (TPSA) is 9.23 Å². The molecule has 1 rings (SSSR count). The Morgan fingerprint density at radius 3 is 2.38 bits per heavy atom. The quantitative estimate of drug-likeness (QED) is 0.602. The molecule has 1 aromatic carbocycles. The number of halogens is 1. The minimum atomic E-state index is 0.633. The first kappa shape index (κ1) is 10.8. The van der Waals surface area contributed by atoms with Crippen molar-refractivity contribution in [1.29, 1.82) is 0 Å². The number of benzene rings is 1. The van der Waals surface area contributed by atoms with Crippen LogP contribution in [0, 0.1) is 0 Å². The molecule has 0 bridgehead atoms. The summed E-state index contributed by atoms with van der Waals surface area (Å²) < 4.78 is 5.74. The Morgan fingerprint density at radius 2 is 1.92 bits per heavy atom. The van der Waals surface area contributed by atoms with Gasteiger partial charge in [-0.05, 0) is 24.1 Å². The zero-order valence-electron chi connectivity index (χ0n) is 8.09. The molecule has 13 heavy (non-hydrogen) atoms. The molecular formula is C11H15IO. The summed E-state index contributed by atoms with van der Waals surface area (Å²) >= 11 is 2.49. The number of alkyl halides is 1. The van der Waals surface area contributed by atoms with Gasteiger partial charge in [0.2, 0.25) is 0 Å². The summed E-state index contributed by atoms with van der Waals surface area (Å²) in [5.74, 6) is 0.934. The van der Waals surface area contributed by atoms with Gasteiger partial charge in [-0.15, -0.1) is 0 Å². The Bertz CT molecular complexity index is 243. The molecule has 1 atom stereocenters. The van der Waals surface area contributed by atoms with Crippen LogP contribution in [0.4, 0.5) is 0 Å². The lowest BCUT2D eigenvalue weighted by Gasteiger charge is -2.09. The highest BCUT2D eigenvalue weighted by atomic mass is 127. The maximum atomic E-state index is 5.11. The zero-order valence-corrected chi connectivity index (χ0v) is 10.2. The molecule has 0 aliphatic rings. The predicted molar refractivity (Wildman–Crippen MR) is 64.7 cm³/mol. The van der Waals surface area contributed by atoms with Crippen molar-refractivity contribution in [3.63, 3.8) is 0 Å². The van der Waals surface area contributed by atoms with Gasteiger partial charge in [0.15, 0.2) is 0 Å². The Kier molecular flexibility index (Phi) is 4.56. The highest BCUT2D eigenvalue weighted by molar-refractivity contribution is 14.1. The maximum Gasteiger partial charge on any atom is 0.118 e. The number of hydrogen-bond acceptors (Lipinski definition) is 1. The molecule has 1 unspecified atom stereocenters. The van der Waals surface area contributed by atoms with E-state index in [-0.39, 0.29) is 0 Å². The standard InChI is InChI=1S/C11H15IO/c1-3-4-11(12)9-5-7-10(13-2)8-6-9/h5-8,11H,3-4H2,1-2H3. The van der Waals surface area contributed by atoms with Gasteiger partial charge in [-0.25, -0.2) is 0 Å². The first-order valence-corrected chi connectivity index (χ1v) is 5.80. The van der Waals surface area contributed by atoms with Gasteiger partial charge in [0.1, 0.15) is 5.75 Å². The van der Waals surface area contributed by atoms with E-state index in [4.69, 9.17) is 4.74 Å². The van der Waals surface area contributed by atoms with Crippen molar-refractivity contribution >= 4 is 22.6 Å². The minimum absolute atomic E-state index is 0.633. The third kappa shape index (κ3) is 3.18. The van der Waals surface area contributed by atoms with Crippen molar-refractivity contribution in [2.24, 2.45) is 0 Å². The third-order valence-electron chi connectivity index (χ3n) is 2.02. The van der Waals surface area contributed by atoms with Gasteiger partial charge >= 0.3 is 0 Å². The molecule has 2 heteroatoms. The first-order chi connectivity index (χ1) is 6.27. The summed E-state index contributed by atoms with van der Waals surface area (Å²) in [5.41, 5.74) is 1.39. The molecule has 72 valence electrons. The van der Waals surface area contributed by atoms with E-state index in [1.54, 1.807) is 7.11 Å². The molecular weight excluding hydrogens is 275 g/mol. The van der Waals surface area contributed by atoms with Gasteiger partial charge < -0.3 is 4.74 Å². The molecule has 0 saturated carbocycles. The highest BCUT2D eigenvalue weighted by Crippen LogP contribution is 2.29. The molecule has 0 saturated heterocycles. The summed E-state index contributed by atoms with van der Waals surface area (Å²) in [6.07, 6.45) is 2.48. The summed E-state index contributed by atoms with van der Waals surface area (Å²) in [7, 11) is 1.70. The lowest BCUT2D eigenvalue weighted by Crippen LogP contribution is -1.89. The van der Waals surface area contributed by atoms with E-state index in [9.17, 15) is 0 Å². The molecule has 0 aromatic heterocycles. The Labute approximate surface area is 93.6 Å². The third-order valence-corrected chi connectivity index (χ3v) is 3.36.